The van der Waals surface area contributed by atoms with Gasteiger partial charge in [-0.2, -0.15) is 0 Å². The Balaban J connectivity index is 1.60. The third-order valence-corrected chi connectivity index (χ3v) is 3.60. The lowest BCUT2D eigenvalue weighted by Crippen LogP contribution is -2.34. The smallest absolute Gasteiger partial charge is 0.313 e. The molecule has 0 atom stereocenters. The summed E-state index contributed by atoms with van der Waals surface area (Å²) >= 11 is 5.88. The Morgan fingerprint density at radius 2 is 1.76 bits per heavy atom. The lowest BCUT2D eigenvalue weighted by molar-refractivity contribution is -0.136. The molecule has 0 aliphatic rings. The van der Waals surface area contributed by atoms with Gasteiger partial charge >= 0.3 is 11.8 Å². The minimum Gasteiger partial charge on any atom is -0.344 e. The van der Waals surface area contributed by atoms with Crippen LogP contribution in [0.5, 0.6) is 0 Å². The van der Waals surface area contributed by atoms with Crippen LogP contribution in [0.15, 0.2) is 61.2 Å². The molecule has 25 heavy (non-hydrogen) atoms. The van der Waals surface area contributed by atoms with E-state index in [0.29, 0.717) is 10.7 Å². The van der Waals surface area contributed by atoms with E-state index in [2.05, 4.69) is 20.8 Å². The highest BCUT2D eigenvalue weighted by Crippen LogP contribution is 2.14. The van der Waals surface area contributed by atoms with Gasteiger partial charge < -0.3 is 10.6 Å². The lowest BCUT2D eigenvalue weighted by atomic mass is 10.2. The second-order valence-corrected chi connectivity index (χ2v) is 5.62. The van der Waals surface area contributed by atoms with Crippen LogP contribution in [0, 0.1) is 0 Å². The molecule has 0 saturated carbocycles. The number of nitrogens with one attached hydrogen (secondary N) is 2. The van der Waals surface area contributed by atoms with Gasteiger partial charge in [-0.05, 0) is 35.9 Å². The van der Waals surface area contributed by atoms with Gasteiger partial charge in [-0.15, -0.1) is 10.2 Å². The van der Waals surface area contributed by atoms with Crippen molar-refractivity contribution in [1.29, 1.82) is 0 Å². The summed E-state index contributed by atoms with van der Waals surface area (Å²) in [5.74, 6) is -1.47. The minimum atomic E-state index is -0.747. The highest BCUT2D eigenvalue weighted by molar-refractivity contribution is 6.39. The zero-order valence-electron chi connectivity index (χ0n) is 13.0. The molecule has 3 rings (SSSR count). The lowest BCUT2D eigenvalue weighted by Gasteiger charge is -2.08. The van der Waals surface area contributed by atoms with Crippen molar-refractivity contribution in [3.63, 3.8) is 0 Å². The molecule has 126 valence electrons. The number of carbonyl (C=O) groups is 2. The van der Waals surface area contributed by atoms with Crippen LogP contribution < -0.4 is 10.6 Å². The van der Waals surface area contributed by atoms with E-state index in [4.69, 9.17) is 11.6 Å². The Kier molecular flexibility index (Phi) is 5.06. The fourth-order valence-corrected chi connectivity index (χ4v) is 2.39. The molecular formula is C17H14ClN5O2. The van der Waals surface area contributed by atoms with Crippen molar-refractivity contribution < 1.29 is 9.59 Å². The molecule has 1 aromatic heterocycles. The number of hydrogen-bond acceptors (Lipinski definition) is 4. The summed E-state index contributed by atoms with van der Waals surface area (Å²) in [6.07, 6.45) is 3.08. The Labute approximate surface area is 148 Å². The Morgan fingerprint density at radius 1 is 1.00 bits per heavy atom. The number of aromatic nitrogens is 3. The fourth-order valence-electron chi connectivity index (χ4n) is 2.18. The summed E-state index contributed by atoms with van der Waals surface area (Å²) in [7, 11) is 0. The summed E-state index contributed by atoms with van der Waals surface area (Å²) in [5.41, 5.74) is 2.07. The van der Waals surface area contributed by atoms with E-state index in [1.807, 2.05) is 12.1 Å². The molecule has 2 N–H and O–H groups in total. The monoisotopic (exact) mass is 355 g/mol. The van der Waals surface area contributed by atoms with Crippen molar-refractivity contribution in [1.82, 2.24) is 20.1 Å². The largest absolute Gasteiger partial charge is 0.344 e. The first kappa shape index (κ1) is 16.7. The summed E-state index contributed by atoms with van der Waals surface area (Å²) in [4.78, 5) is 24.0. The number of hydrogen-bond donors (Lipinski definition) is 2. The van der Waals surface area contributed by atoms with Gasteiger partial charge in [0, 0.05) is 17.3 Å². The zero-order chi connectivity index (χ0) is 17.6. The van der Waals surface area contributed by atoms with Crippen molar-refractivity contribution >= 4 is 29.1 Å². The minimum absolute atomic E-state index is 0.216. The molecule has 0 fully saturated rings. The first-order valence-electron chi connectivity index (χ1n) is 7.40. The van der Waals surface area contributed by atoms with Gasteiger partial charge in [0.15, 0.2) is 0 Å². The summed E-state index contributed by atoms with van der Waals surface area (Å²) < 4.78 is 1.69. The molecule has 0 bridgehead atoms. The highest BCUT2D eigenvalue weighted by Gasteiger charge is 2.13. The second kappa shape index (κ2) is 7.59. The van der Waals surface area contributed by atoms with Crippen molar-refractivity contribution in [2.24, 2.45) is 0 Å². The average Bonchev–Trinajstić information content (AvgIpc) is 3.14. The summed E-state index contributed by atoms with van der Waals surface area (Å²) in [6.45, 7) is 0.216. The predicted octanol–water partition coefficient (Wildman–Crippen LogP) is 2.18. The SMILES string of the molecule is O=C(NCc1cccc(Cl)c1)C(=O)Nc1cccc(-n2cnnc2)c1. The van der Waals surface area contributed by atoms with Crippen LogP contribution >= 0.6 is 11.6 Å². The Hall–Kier alpha value is -3.19. The first-order valence-corrected chi connectivity index (χ1v) is 7.78. The molecule has 3 aromatic rings. The number of benzene rings is 2. The molecule has 7 nitrogen and oxygen atoms in total. The van der Waals surface area contributed by atoms with E-state index in [1.165, 1.54) is 0 Å². The number of carbonyl (C=O) groups excluding carboxylic acids is 2. The molecule has 0 spiro atoms. The molecule has 0 unspecified atom stereocenters. The Morgan fingerprint density at radius 3 is 2.52 bits per heavy atom. The van der Waals surface area contributed by atoms with Crippen LogP contribution in [0.2, 0.25) is 5.02 Å². The number of anilines is 1. The number of amides is 2. The van der Waals surface area contributed by atoms with Crippen molar-refractivity contribution in [3.8, 4) is 5.69 Å². The maximum absolute atomic E-state index is 12.0. The van der Waals surface area contributed by atoms with Gasteiger partial charge in [-0.3, -0.25) is 14.2 Å². The van der Waals surface area contributed by atoms with E-state index >= 15 is 0 Å². The molecule has 0 radical (unpaired) electrons. The Bertz CT molecular complexity index is 896. The number of nitrogens with zero attached hydrogens (tertiary/aromatic N) is 3. The van der Waals surface area contributed by atoms with Gasteiger partial charge in [0.1, 0.15) is 12.7 Å². The van der Waals surface area contributed by atoms with Crippen LogP contribution in [0.4, 0.5) is 5.69 Å². The third-order valence-electron chi connectivity index (χ3n) is 3.37. The van der Waals surface area contributed by atoms with E-state index in [-0.39, 0.29) is 6.54 Å². The molecule has 8 heteroatoms. The predicted molar refractivity (Wildman–Crippen MR) is 93.3 cm³/mol. The maximum atomic E-state index is 12.0. The van der Waals surface area contributed by atoms with Crippen LogP contribution in [0.1, 0.15) is 5.56 Å². The number of rotatable bonds is 4. The van der Waals surface area contributed by atoms with Crippen molar-refractivity contribution in [2.45, 2.75) is 6.54 Å². The molecule has 0 aliphatic carbocycles. The topological polar surface area (TPSA) is 88.9 Å². The van der Waals surface area contributed by atoms with E-state index in [0.717, 1.165) is 11.3 Å². The van der Waals surface area contributed by atoms with Crippen LogP contribution in [0.25, 0.3) is 5.69 Å². The van der Waals surface area contributed by atoms with Gasteiger partial charge in [0.25, 0.3) is 0 Å². The van der Waals surface area contributed by atoms with Crippen LogP contribution in [-0.2, 0) is 16.1 Å². The average molecular weight is 356 g/mol. The van der Waals surface area contributed by atoms with Gasteiger partial charge in [-0.1, -0.05) is 29.8 Å². The standard InChI is InChI=1S/C17H14ClN5O2/c18-13-4-1-3-12(7-13)9-19-16(24)17(25)22-14-5-2-6-15(8-14)23-10-20-21-11-23/h1-8,10-11H,9H2,(H,19,24)(H,22,25). The van der Waals surface area contributed by atoms with E-state index in [1.54, 1.807) is 53.6 Å². The van der Waals surface area contributed by atoms with Crippen LogP contribution in [-0.4, -0.2) is 26.6 Å². The first-order chi connectivity index (χ1) is 12.1. The van der Waals surface area contributed by atoms with Gasteiger partial charge in [0.2, 0.25) is 0 Å². The van der Waals surface area contributed by atoms with Crippen molar-refractivity contribution in [3.05, 3.63) is 71.8 Å². The highest BCUT2D eigenvalue weighted by atomic mass is 35.5. The molecule has 2 aromatic carbocycles. The number of halogens is 1. The zero-order valence-corrected chi connectivity index (χ0v) is 13.8. The maximum Gasteiger partial charge on any atom is 0.313 e. The van der Waals surface area contributed by atoms with E-state index < -0.39 is 11.8 Å². The molecule has 1 heterocycles. The molecule has 2 amide bonds. The fraction of sp³-hybridized carbons (Fsp3) is 0.0588. The van der Waals surface area contributed by atoms with Gasteiger partial charge in [0.05, 0.1) is 5.69 Å². The molecule has 0 saturated heterocycles. The summed E-state index contributed by atoms with van der Waals surface area (Å²) in [6, 6.07) is 14.0. The molecular weight excluding hydrogens is 342 g/mol. The second-order valence-electron chi connectivity index (χ2n) is 5.19. The van der Waals surface area contributed by atoms with Crippen LogP contribution in [0.3, 0.4) is 0 Å². The third kappa shape index (κ3) is 4.42. The quantitative estimate of drug-likeness (QED) is 0.702. The van der Waals surface area contributed by atoms with Gasteiger partial charge in [-0.25, -0.2) is 0 Å². The van der Waals surface area contributed by atoms with Crippen molar-refractivity contribution in [2.75, 3.05) is 5.32 Å². The van der Waals surface area contributed by atoms with E-state index in [9.17, 15) is 9.59 Å². The normalized spacial score (nSPS) is 10.3. The summed E-state index contributed by atoms with van der Waals surface area (Å²) in [5, 5.41) is 13.1. The molecule has 0 aliphatic heterocycles.